The number of ether oxygens (including phenoxy) is 1. The topological polar surface area (TPSA) is 22.1 Å². The van der Waals surface area contributed by atoms with Gasteiger partial charge in [-0.3, -0.25) is 0 Å². The molecule has 0 saturated carbocycles. The Labute approximate surface area is 63.9 Å². The Morgan fingerprint density at radius 3 is 3.50 bits per heavy atom. The summed E-state index contributed by atoms with van der Waals surface area (Å²) in [6.45, 7) is 0.870. The van der Waals surface area contributed by atoms with E-state index in [2.05, 4.69) is 4.98 Å². The average molecular weight is 155 g/mol. The van der Waals surface area contributed by atoms with Gasteiger partial charge in [0.25, 0.3) is 0 Å². The quantitative estimate of drug-likeness (QED) is 0.570. The van der Waals surface area contributed by atoms with E-state index in [0.29, 0.717) is 0 Å². The van der Waals surface area contributed by atoms with Gasteiger partial charge in [0, 0.05) is 0 Å². The first kappa shape index (κ1) is 6.16. The monoisotopic (exact) mass is 155 g/mol. The molecule has 10 heavy (non-hydrogen) atoms. The van der Waals surface area contributed by atoms with Crippen LogP contribution >= 0.6 is 11.3 Å². The minimum Gasteiger partial charge on any atom is -0.483 e. The zero-order valence-corrected chi connectivity index (χ0v) is 6.49. The van der Waals surface area contributed by atoms with E-state index in [4.69, 9.17) is 4.74 Å². The van der Waals surface area contributed by atoms with Crippen molar-refractivity contribution >= 4 is 11.3 Å². The van der Waals surface area contributed by atoms with Crippen LogP contribution in [-0.2, 0) is 6.42 Å². The van der Waals surface area contributed by atoms with Crippen LogP contribution in [0.15, 0.2) is 5.51 Å². The van der Waals surface area contributed by atoms with Crippen LogP contribution in [0.5, 0.6) is 5.06 Å². The number of hydrogen-bond donors (Lipinski definition) is 0. The number of rotatable bonds is 0. The van der Waals surface area contributed by atoms with Gasteiger partial charge in [0.1, 0.15) is 0 Å². The van der Waals surface area contributed by atoms with Crippen molar-refractivity contribution in [2.75, 3.05) is 6.61 Å². The molecule has 0 N–H and O–H groups in total. The number of aromatic nitrogens is 1. The predicted molar refractivity (Wildman–Crippen MR) is 40.5 cm³/mol. The van der Waals surface area contributed by atoms with Crippen molar-refractivity contribution in [1.82, 2.24) is 4.98 Å². The Bertz CT molecular complexity index is 201. The smallest absolute Gasteiger partial charge is 0.197 e. The van der Waals surface area contributed by atoms with Crippen LogP contribution in [0.1, 0.15) is 18.5 Å². The Morgan fingerprint density at radius 2 is 2.50 bits per heavy atom. The molecular formula is C7H9NOS. The summed E-state index contributed by atoms with van der Waals surface area (Å²) in [5, 5.41) is 1.04. The summed E-state index contributed by atoms with van der Waals surface area (Å²) in [7, 11) is 0. The summed E-state index contributed by atoms with van der Waals surface area (Å²) in [6, 6.07) is 0. The van der Waals surface area contributed by atoms with Crippen molar-refractivity contribution < 1.29 is 4.74 Å². The molecule has 0 aromatic carbocycles. The molecule has 0 spiro atoms. The third kappa shape index (κ3) is 1.01. The van der Waals surface area contributed by atoms with E-state index in [0.717, 1.165) is 23.8 Å². The second kappa shape index (κ2) is 2.58. The SMILES string of the molecule is c1nc2c(s1)OCCCC2. The van der Waals surface area contributed by atoms with E-state index < -0.39 is 0 Å². The van der Waals surface area contributed by atoms with E-state index in [1.54, 1.807) is 11.3 Å². The molecule has 2 rings (SSSR count). The summed E-state index contributed by atoms with van der Waals surface area (Å²) in [4.78, 5) is 4.21. The highest BCUT2D eigenvalue weighted by Crippen LogP contribution is 2.26. The highest BCUT2D eigenvalue weighted by Gasteiger charge is 2.10. The summed E-state index contributed by atoms with van der Waals surface area (Å²) >= 11 is 1.61. The van der Waals surface area contributed by atoms with Gasteiger partial charge in [-0.25, -0.2) is 4.98 Å². The fourth-order valence-corrected chi connectivity index (χ4v) is 1.82. The Kier molecular flexibility index (Phi) is 1.59. The largest absolute Gasteiger partial charge is 0.483 e. The van der Waals surface area contributed by atoms with Crippen molar-refractivity contribution in [3.8, 4) is 5.06 Å². The van der Waals surface area contributed by atoms with Crippen LogP contribution < -0.4 is 4.74 Å². The zero-order valence-electron chi connectivity index (χ0n) is 5.67. The summed E-state index contributed by atoms with van der Waals surface area (Å²) in [5.41, 5.74) is 3.01. The van der Waals surface area contributed by atoms with Crippen molar-refractivity contribution in [1.29, 1.82) is 0 Å². The molecule has 0 amide bonds. The molecule has 3 heteroatoms. The summed E-state index contributed by atoms with van der Waals surface area (Å²) in [5.74, 6) is 0. The number of hydrogen-bond acceptors (Lipinski definition) is 3. The lowest BCUT2D eigenvalue weighted by Crippen LogP contribution is -1.91. The molecule has 54 valence electrons. The van der Waals surface area contributed by atoms with Gasteiger partial charge < -0.3 is 4.74 Å². The third-order valence-electron chi connectivity index (χ3n) is 1.64. The van der Waals surface area contributed by atoms with Crippen LogP contribution in [0.4, 0.5) is 0 Å². The molecule has 0 atom stereocenters. The standard InChI is InChI=1S/C7H9NOS/c1-2-4-9-7-6(3-1)8-5-10-7/h5H,1-4H2. The van der Waals surface area contributed by atoms with Gasteiger partial charge in [0.05, 0.1) is 17.8 Å². The van der Waals surface area contributed by atoms with Crippen LogP contribution in [-0.4, -0.2) is 11.6 Å². The Morgan fingerprint density at radius 1 is 1.50 bits per heavy atom. The lowest BCUT2D eigenvalue weighted by Gasteiger charge is -1.96. The van der Waals surface area contributed by atoms with E-state index >= 15 is 0 Å². The third-order valence-corrected chi connectivity index (χ3v) is 2.42. The lowest BCUT2D eigenvalue weighted by molar-refractivity contribution is 0.325. The molecule has 1 aromatic rings. The predicted octanol–water partition coefficient (Wildman–Crippen LogP) is 1.86. The fourth-order valence-electron chi connectivity index (χ4n) is 1.10. The molecule has 0 radical (unpaired) electrons. The van der Waals surface area contributed by atoms with Crippen LogP contribution in [0.25, 0.3) is 0 Å². The minimum atomic E-state index is 0.870. The highest BCUT2D eigenvalue weighted by molar-refractivity contribution is 7.11. The van der Waals surface area contributed by atoms with Crippen molar-refractivity contribution in [3.05, 3.63) is 11.2 Å². The molecule has 0 saturated heterocycles. The Hall–Kier alpha value is -0.570. The van der Waals surface area contributed by atoms with Gasteiger partial charge in [-0.2, -0.15) is 0 Å². The number of thiazole rings is 1. The van der Waals surface area contributed by atoms with Gasteiger partial charge in [-0.05, 0) is 19.3 Å². The lowest BCUT2D eigenvalue weighted by atomic mass is 10.2. The maximum absolute atomic E-state index is 5.44. The first-order chi connectivity index (χ1) is 4.97. The molecule has 0 unspecified atom stereocenters. The first-order valence-electron chi connectivity index (χ1n) is 3.52. The van der Waals surface area contributed by atoms with Crippen molar-refractivity contribution in [2.45, 2.75) is 19.3 Å². The van der Waals surface area contributed by atoms with Crippen molar-refractivity contribution in [2.24, 2.45) is 0 Å². The van der Waals surface area contributed by atoms with Gasteiger partial charge >= 0.3 is 0 Å². The van der Waals surface area contributed by atoms with Gasteiger partial charge in [0.2, 0.25) is 0 Å². The number of aryl methyl sites for hydroxylation is 1. The molecular weight excluding hydrogens is 146 g/mol. The molecule has 1 aliphatic rings. The molecule has 1 aliphatic heterocycles. The molecule has 1 aromatic heterocycles. The molecule has 2 nitrogen and oxygen atoms in total. The van der Waals surface area contributed by atoms with Crippen LogP contribution in [0, 0.1) is 0 Å². The minimum absolute atomic E-state index is 0.870. The van der Waals surface area contributed by atoms with Gasteiger partial charge in [-0.1, -0.05) is 11.3 Å². The molecule has 0 fully saturated rings. The summed E-state index contributed by atoms with van der Waals surface area (Å²) in [6.07, 6.45) is 3.48. The molecule has 2 heterocycles. The second-order valence-electron chi connectivity index (χ2n) is 2.39. The van der Waals surface area contributed by atoms with Gasteiger partial charge in [0.15, 0.2) is 5.06 Å². The van der Waals surface area contributed by atoms with E-state index in [1.807, 2.05) is 5.51 Å². The summed E-state index contributed by atoms with van der Waals surface area (Å²) < 4.78 is 5.44. The van der Waals surface area contributed by atoms with E-state index in [9.17, 15) is 0 Å². The Balaban J connectivity index is 2.28. The maximum atomic E-state index is 5.44. The van der Waals surface area contributed by atoms with Crippen molar-refractivity contribution in [3.63, 3.8) is 0 Å². The number of nitrogens with zero attached hydrogens (tertiary/aromatic N) is 1. The van der Waals surface area contributed by atoms with E-state index in [1.165, 1.54) is 12.8 Å². The first-order valence-corrected chi connectivity index (χ1v) is 4.40. The molecule has 0 bridgehead atoms. The maximum Gasteiger partial charge on any atom is 0.197 e. The van der Waals surface area contributed by atoms with Crippen LogP contribution in [0.3, 0.4) is 0 Å². The van der Waals surface area contributed by atoms with Gasteiger partial charge in [-0.15, -0.1) is 0 Å². The number of fused-ring (bicyclic) bond motifs is 1. The highest BCUT2D eigenvalue weighted by atomic mass is 32.1. The van der Waals surface area contributed by atoms with Crippen LogP contribution in [0.2, 0.25) is 0 Å². The normalized spacial score (nSPS) is 17.2. The zero-order chi connectivity index (χ0) is 6.81. The molecule has 0 aliphatic carbocycles. The average Bonchev–Trinajstić information content (AvgIpc) is 2.28. The fraction of sp³-hybridized carbons (Fsp3) is 0.571. The van der Waals surface area contributed by atoms with E-state index in [-0.39, 0.29) is 0 Å². The second-order valence-corrected chi connectivity index (χ2v) is 3.21.